The predicted octanol–water partition coefficient (Wildman–Crippen LogP) is 0.0462. The van der Waals surface area contributed by atoms with Gasteiger partial charge >= 0.3 is 0 Å². The molecular formula is C18H23N7O2. The molecule has 9 heteroatoms. The summed E-state index contributed by atoms with van der Waals surface area (Å²) in [6, 6.07) is 8.20. The first-order valence-corrected chi connectivity index (χ1v) is 9.29. The third kappa shape index (κ3) is 3.49. The number of amides is 2. The number of nitrogens with two attached hydrogens (primary N) is 1. The molecule has 1 atom stereocenters. The van der Waals surface area contributed by atoms with Crippen LogP contribution in [0.25, 0.3) is 0 Å². The molecule has 2 aromatic rings. The van der Waals surface area contributed by atoms with E-state index in [-0.39, 0.29) is 30.2 Å². The Bertz CT molecular complexity index is 850. The number of aryl methyl sites for hydroxylation is 1. The molecule has 27 heavy (non-hydrogen) atoms. The zero-order chi connectivity index (χ0) is 18.8. The highest BCUT2D eigenvalue weighted by Gasteiger charge is 2.32. The van der Waals surface area contributed by atoms with Crippen LogP contribution in [0, 0.1) is 0 Å². The van der Waals surface area contributed by atoms with Crippen LogP contribution in [0.15, 0.2) is 24.3 Å². The fourth-order valence-electron chi connectivity index (χ4n) is 3.97. The first-order valence-electron chi connectivity index (χ1n) is 9.29. The lowest BCUT2D eigenvalue weighted by molar-refractivity contribution is -0.134. The molecular weight excluding hydrogens is 346 g/mol. The Kier molecular flexibility index (Phi) is 4.74. The van der Waals surface area contributed by atoms with Crippen LogP contribution >= 0.6 is 0 Å². The molecule has 1 aliphatic heterocycles. The minimum absolute atomic E-state index is 0.0166. The monoisotopic (exact) mass is 369 g/mol. The van der Waals surface area contributed by atoms with Crippen molar-refractivity contribution in [2.24, 2.45) is 0 Å². The SMILES string of the molecule is Nc1nnnn1CC(=O)N1CCCN(C(=O)C2CCc3ccccc32)CC1. The Morgan fingerprint density at radius 2 is 1.89 bits per heavy atom. The lowest BCUT2D eigenvalue weighted by atomic mass is 10.00. The quantitative estimate of drug-likeness (QED) is 0.818. The average Bonchev–Trinajstić information content (AvgIpc) is 3.19. The Morgan fingerprint density at radius 1 is 1.11 bits per heavy atom. The van der Waals surface area contributed by atoms with Crippen molar-refractivity contribution < 1.29 is 9.59 Å². The maximum absolute atomic E-state index is 13.1. The number of fused-ring (bicyclic) bond motifs is 1. The lowest BCUT2D eigenvalue weighted by Crippen LogP contribution is -2.40. The molecule has 142 valence electrons. The summed E-state index contributed by atoms with van der Waals surface area (Å²) in [5.74, 6) is 0.160. The number of nitrogens with zero attached hydrogens (tertiary/aromatic N) is 6. The van der Waals surface area contributed by atoms with E-state index in [9.17, 15) is 9.59 Å². The van der Waals surface area contributed by atoms with Gasteiger partial charge in [-0.2, -0.15) is 0 Å². The predicted molar refractivity (Wildman–Crippen MR) is 97.5 cm³/mol. The van der Waals surface area contributed by atoms with Crippen molar-refractivity contribution >= 4 is 17.8 Å². The standard InChI is InChI=1S/C18H23N7O2/c19-18-20-21-22-25(18)12-16(26)23-8-3-9-24(11-10-23)17(27)15-7-6-13-4-1-2-5-14(13)15/h1-2,4-5,15H,3,6-12H2,(H2,19,20,22). The topological polar surface area (TPSA) is 110 Å². The summed E-state index contributed by atoms with van der Waals surface area (Å²) in [6.07, 6.45) is 2.59. The molecule has 1 aromatic heterocycles. The van der Waals surface area contributed by atoms with Crippen LogP contribution in [0.2, 0.25) is 0 Å². The summed E-state index contributed by atoms with van der Waals surface area (Å²) < 4.78 is 1.28. The van der Waals surface area contributed by atoms with Gasteiger partial charge in [-0.1, -0.05) is 29.4 Å². The number of aromatic nitrogens is 4. The smallest absolute Gasteiger partial charge is 0.244 e. The van der Waals surface area contributed by atoms with Gasteiger partial charge in [0.05, 0.1) is 5.92 Å². The highest BCUT2D eigenvalue weighted by Crippen LogP contribution is 2.34. The van der Waals surface area contributed by atoms with E-state index < -0.39 is 0 Å². The molecule has 2 aliphatic rings. The van der Waals surface area contributed by atoms with E-state index in [1.807, 2.05) is 17.0 Å². The first kappa shape index (κ1) is 17.4. The van der Waals surface area contributed by atoms with E-state index in [1.54, 1.807) is 4.90 Å². The number of benzene rings is 1. The number of rotatable bonds is 3. The molecule has 0 bridgehead atoms. The van der Waals surface area contributed by atoms with Crippen molar-refractivity contribution in [3.63, 3.8) is 0 Å². The minimum Gasteiger partial charge on any atom is -0.367 e. The molecule has 2 amide bonds. The van der Waals surface area contributed by atoms with Crippen LogP contribution in [-0.4, -0.2) is 68.0 Å². The largest absolute Gasteiger partial charge is 0.367 e. The van der Waals surface area contributed by atoms with Crippen LogP contribution in [0.5, 0.6) is 0 Å². The molecule has 0 radical (unpaired) electrons. The van der Waals surface area contributed by atoms with Crippen LogP contribution in [0.1, 0.15) is 29.9 Å². The normalized spacial score (nSPS) is 19.6. The Labute approximate surface area is 157 Å². The molecule has 4 rings (SSSR count). The van der Waals surface area contributed by atoms with Crippen LogP contribution in [0.4, 0.5) is 5.95 Å². The van der Waals surface area contributed by atoms with Gasteiger partial charge in [0.2, 0.25) is 17.8 Å². The third-order valence-electron chi connectivity index (χ3n) is 5.44. The zero-order valence-electron chi connectivity index (χ0n) is 15.1. The lowest BCUT2D eigenvalue weighted by Gasteiger charge is -2.25. The summed E-state index contributed by atoms with van der Waals surface area (Å²) in [4.78, 5) is 29.3. The summed E-state index contributed by atoms with van der Waals surface area (Å²) in [5, 5.41) is 10.7. The van der Waals surface area contributed by atoms with E-state index in [2.05, 4.69) is 27.7 Å². The van der Waals surface area contributed by atoms with Crippen molar-refractivity contribution in [2.75, 3.05) is 31.9 Å². The number of nitrogen functional groups attached to an aromatic ring is 1. The number of anilines is 1. The van der Waals surface area contributed by atoms with E-state index in [4.69, 9.17) is 5.73 Å². The molecule has 2 heterocycles. The van der Waals surface area contributed by atoms with Gasteiger partial charge in [0.1, 0.15) is 6.54 Å². The van der Waals surface area contributed by atoms with E-state index in [1.165, 1.54) is 10.2 Å². The average molecular weight is 369 g/mol. The maximum Gasteiger partial charge on any atom is 0.244 e. The molecule has 1 aromatic carbocycles. The second-order valence-electron chi connectivity index (χ2n) is 7.04. The Balaban J connectivity index is 1.38. The van der Waals surface area contributed by atoms with Crippen LogP contribution in [0.3, 0.4) is 0 Å². The van der Waals surface area contributed by atoms with Crippen molar-refractivity contribution in [3.05, 3.63) is 35.4 Å². The molecule has 1 fully saturated rings. The van der Waals surface area contributed by atoms with Crippen molar-refractivity contribution in [3.8, 4) is 0 Å². The van der Waals surface area contributed by atoms with Crippen LogP contribution < -0.4 is 5.73 Å². The number of hydrogen-bond donors (Lipinski definition) is 1. The summed E-state index contributed by atoms with van der Waals surface area (Å²) in [7, 11) is 0. The molecule has 0 spiro atoms. The molecule has 0 saturated carbocycles. The first-order chi connectivity index (χ1) is 13.1. The van der Waals surface area contributed by atoms with Gasteiger partial charge in [-0.25, -0.2) is 4.68 Å². The summed E-state index contributed by atoms with van der Waals surface area (Å²) in [5.41, 5.74) is 8.06. The highest BCUT2D eigenvalue weighted by molar-refractivity contribution is 5.85. The minimum atomic E-state index is -0.0884. The van der Waals surface area contributed by atoms with E-state index in [0.29, 0.717) is 26.2 Å². The van der Waals surface area contributed by atoms with E-state index in [0.717, 1.165) is 24.8 Å². The number of carbonyl (C=O) groups is 2. The summed E-state index contributed by atoms with van der Waals surface area (Å²) >= 11 is 0. The fraction of sp³-hybridized carbons (Fsp3) is 0.500. The van der Waals surface area contributed by atoms with Crippen molar-refractivity contribution in [1.82, 2.24) is 30.0 Å². The number of carbonyl (C=O) groups excluding carboxylic acids is 2. The molecule has 1 unspecified atom stereocenters. The maximum atomic E-state index is 13.1. The number of hydrogen-bond acceptors (Lipinski definition) is 6. The van der Waals surface area contributed by atoms with Gasteiger partial charge in [0.15, 0.2) is 0 Å². The second-order valence-corrected chi connectivity index (χ2v) is 7.04. The summed E-state index contributed by atoms with van der Waals surface area (Å²) in [6.45, 7) is 2.37. The number of tetrazole rings is 1. The van der Waals surface area contributed by atoms with Gasteiger partial charge in [0.25, 0.3) is 0 Å². The zero-order valence-corrected chi connectivity index (χ0v) is 15.1. The Morgan fingerprint density at radius 3 is 2.70 bits per heavy atom. The molecule has 9 nitrogen and oxygen atoms in total. The fourth-order valence-corrected chi connectivity index (χ4v) is 3.97. The highest BCUT2D eigenvalue weighted by atomic mass is 16.2. The van der Waals surface area contributed by atoms with E-state index >= 15 is 0 Å². The molecule has 1 saturated heterocycles. The second kappa shape index (κ2) is 7.34. The van der Waals surface area contributed by atoms with Gasteiger partial charge in [-0.15, -0.1) is 0 Å². The molecule has 1 aliphatic carbocycles. The van der Waals surface area contributed by atoms with Crippen LogP contribution in [-0.2, 0) is 22.6 Å². The van der Waals surface area contributed by atoms with Gasteiger partial charge < -0.3 is 15.5 Å². The molecule has 2 N–H and O–H groups in total. The van der Waals surface area contributed by atoms with Gasteiger partial charge in [-0.3, -0.25) is 9.59 Å². The van der Waals surface area contributed by atoms with Crippen molar-refractivity contribution in [1.29, 1.82) is 0 Å². The third-order valence-corrected chi connectivity index (χ3v) is 5.44. The van der Waals surface area contributed by atoms with Gasteiger partial charge in [0, 0.05) is 26.2 Å². The van der Waals surface area contributed by atoms with Gasteiger partial charge in [-0.05, 0) is 40.8 Å². The Hall–Kier alpha value is -2.97. The van der Waals surface area contributed by atoms with Crippen molar-refractivity contribution in [2.45, 2.75) is 31.7 Å².